The first-order valence-electron chi connectivity index (χ1n) is 14.6. The second-order valence-corrected chi connectivity index (χ2v) is 12.1. The number of aromatic nitrogens is 1. The lowest BCUT2D eigenvalue weighted by molar-refractivity contribution is 0.655. The number of pyridine rings is 1. The molecule has 0 saturated carbocycles. The van der Waals surface area contributed by atoms with Gasteiger partial charge >= 0.3 is 0 Å². The molecule has 1 atom stereocenters. The number of furan rings is 1. The van der Waals surface area contributed by atoms with Crippen molar-refractivity contribution >= 4 is 44.5 Å². The van der Waals surface area contributed by atoms with Gasteiger partial charge in [0.15, 0.2) is 0 Å². The van der Waals surface area contributed by atoms with Crippen LogP contribution in [-0.4, -0.2) is 4.98 Å². The van der Waals surface area contributed by atoms with Crippen LogP contribution in [0.1, 0.15) is 53.4 Å². The van der Waals surface area contributed by atoms with E-state index in [0.717, 1.165) is 38.9 Å². The maximum Gasteiger partial charge on any atom is 0.135 e. The lowest BCUT2D eigenvalue weighted by atomic mass is 9.80. The average Bonchev–Trinajstić information content (AvgIpc) is 3.51. The molecule has 0 fully saturated rings. The van der Waals surface area contributed by atoms with Crippen LogP contribution in [0.15, 0.2) is 120 Å². The molecule has 9 rings (SSSR count). The summed E-state index contributed by atoms with van der Waals surface area (Å²) in [6.07, 6.45) is 4.06. The molecule has 7 aromatic rings. The first kappa shape index (κ1) is 23.5. The van der Waals surface area contributed by atoms with Gasteiger partial charge in [0, 0.05) is 33.6 Å². The van der Waals surface area contributed by atoms with E-state index in [0.29, 0.717) is 0 Å². The summed E-state index contributed by atoms with van der Waals surface area (Å²) in [4.78, 5) is 4.80. The topological polar surface area (TPSA) is 38.1 Å². The van der Waals surface area contributed by atoms with Gasteiger partial charge in [-0.15, -0.1) is 0 Å². The second kappa shape index (κ2) is 8.43. The van der Waals surface area contributed by atoms with Gasteiger partial charge in [-0.05, 0) is 92.7 Å². The third-order valence-corrected chi connectivity index (χ3v) is 9.35. The molecule has 5 aromatic carbocycles. The summed E-state index contributed by atoms with van der Waals surface area (Å²) in [5.41, 5.74) is 12.8. The molecule has 0 spiro atoms. The summed E-state index contributed by atoms with van der Waals surface area (Å²) in [5, 5.41) is 8.74. The molecule has 0 radical (unpaired) electrons. The largest absolute Gasteiger partial charge is 0.456 e. The number of benzene rings is 5. The quantitative estimate of drug-likeness (QED) is 0.237. The summed E-state index contributed by atoms with van der Waals surface area (Å²) in [7, 11) is 0. The minimum absolute atomic E-state index is 0.0191. The first-order valence-corrected chi connectivity index (χ1v) is 14.6. The van der Waals surface area contributed by atoms with Gasteiger partial charge < -0.3 is 9.73 Å². The first-order chi connectivity index (χ1) is 20.5. The highest BCUT2D eigenvalue weighted by molar-refractivity contribution is 6.06. The smallest absolute Gasteiger partial charge is 0.135 e. The molecule has 42 heavy (non-hydrogen) atoms. The minimum Gasteiger partial charge on any atom is -0.456 e. The van der Waals surface area contributed by atoms with Crippen molar-refractivity contribution in [3.05, 3.63) is 149 Å². The van der Waals surface area contributed by atoms with Crippen molar-refractivity contribution in [3.63, 3.8) is 0 Å². The van der Waals surface area contributed by atoms with Gasteiger partial charge in [0.1, 0.15) is 11.2 Å². The Hall–Kier alpha value is -5.15. The number of rotatable bonds is 2. The Balaban J connectivity index is 1.16. The van der Waals surface area contributed by atoms with Crippen molar-refractivity contribution in [2.45, 2.75) is 25.3 Å². The fraction of sp³-hybridized carbons (Fsp3) is 0.103. The summed E-state index contributed by atoms with van der Waals surface area (Å²) in [6.45, 7) is 4.71. The number of nitrogens with one attached hydrogen (secondary N) is 1. The highest BCUT2D eigenvalue weighted by Crippen LogP contribution is 2.51. The Labute approximate surface area is 244 Å². The molecule has 0 amide bonds. The predicted molar refractivity (Wildman–Crippen MR) is 172 cm³/mol. The lowest BCUT2D eigenvalue weighted by Crippen LogP contribution is -2.26. The Bertz CT molecular complexity index is 2270. The maximum atomic E-state index is 6.10. The van der Waals surface area contributed by atoms with Crippen molar-refractivity contribution in [1.82, 2.24) is 10.3 Å². The highest BCUT2D eigenvalue weighted by atomic mass is 16.3. The van der Waals surface area contributed by atoms with Gasteiger partial charge in [-0.3, -0.25) is 4.98 Å². The Morgan fingerprint density at radius 1 is 0.690 bits per heavy atom. The third kappa shape index (κ3) is 3.31. The molecule has 1 aliphatic heterocycles. The molecule has 3 nitrogen and oxygen atoms in total. The van der Waals surface area contributed by atoms with E-state index in [1.54, 1.807) is 0 Å². The SMILES string of the molecule is CC1(C)c2cc(C3NC(c4ccc5oc6ccccc6c5c4)=Cc4ncccc43)ccc2-c2cc3ccccc3cc21. The Morgan fingerprint density at radius 2 is 1.48 bits per heavy atom. The number of hydrogen-bond acceptors (Lipinski definition) is 3. The molecular weight excluding hydrogens is 512 g/mol. The molecule has 1 unspecified atom stereocenters. The molecule has 200 valence electrons. The van der Waals surface area contributed by atoms with Crippen LogP contribution < -0.4 is 5.32 Å². The van der Waals surface area contributed by atoms with Crippen LogP contribution in [0.5, 0.6) is 0 Å². The summed E-state index contributed by atoms with van der Waals surface area (Å²) < 4.78 is 6.10. The van der Waals surface area contributed by atoms with Crippen molar-refractivity contribution in [2.75, 3.05) is 0 Å². The van der Waals surface area contributed by atoms with Crippen LogP contribution in [0.3, 0.4) is 0 Å². The number of fused-ring (bicyclic) bond motifs is 8. The molecule has 1 aliphatic carbocycles. The van der Waals surface area contributed by atoms with Gasteiger partial charge in [0.05, 0.1) is 11.7 Å². The molecule has 3 heterocycles. The van der Waals surface area contributed by atoms with Gasteiger partial charge in [-0.2, -0.15) is 0 Å². The zero-order valence-electron chi connectivity index (χ0n) is 23.5. The molecular formula is C39H28N2O. The number of hydrogen-bond donors (Lipinski definition) is 1. The average molecular weight is 541 g/mol. The van der Waals surface area contributed by atoms with Crippen LogP contribution in [0, 0.1) is 0 Å². The number of nitrogens with zero attached hydrogens (tertiary/aromatic N) is 1. The molecule has 2 aliphatic rings. The standard InChI is InChI=1S/C39H28N2O/c1-39(2)32-21-26(13-15-27(32)30-18-23-8-3-4-9-24(23)20-33(30)39)38-29-11-7-17-40-35(29)22-34(41-38)25-14-16-37-31(19-25)28-10-5-6-12-36(28)42-37/h3-22,38,41H,1-2H3. The molecule has 0 bridgehead atoms. The summed E-state index contributed by atoms with van der Waals surface area (Å²) in [5.74, 6) is 0. The van der Waals surface area contributed by atoms with Crippen molar-refractivity contribution < 1.29 is 4.42 Å². The third-order valence-electron chi connectivity index (χ3n) is 9.35. The zero-order chi connectivity index (χ0) is 28.0. The van der Waals surface area contributed by atoms with E-state index in [9.17, 15) is 0 Å². The van der Waals surface area contributed by atoms with E-state index in [2.05, 4.69) is 116 Å². The zero-order valence-corrected chi connectivity index (χ0v) is 23.5. The van der Waals surface area contributed by atoms with E-state index >= 15 is 0 Å². The van der Waals surface area contributed by atoms with E-state index in [1.165, 1.54) is 44.2 Å². The normalized spacial score (nSPS) is 16.6. The van der Waals surface area contributed by atoms with Crippen molar-refractivity contribution in [3.8, 4) is 11.1 Å². The van der Waals surface area contributed by atoms with Gasteiger partial charge in [0.25, 0.3) is 0 Å². The van der Waals surface area contributed by atoms with Crippen molar-refractivity contribution in [2.24, 2.45) is 0 Å². The van der Waals surface area contributed by atoms with Crippen LogP contribution in [0.4, 0.5) is 0 Å². The van der Waals surface area contributed by atoms with Crippen LogP contribution in [-0.2, 0) is 5.41 Å². The Kier molecular flexibility index (Phi) is 4.73. The van der Waals surface area contributed by atoms with E-state index in [4.69, 9.17) is 9.40 Å². The van der Waals surface area contributed by atoms with E-state index in [-0.39, 0.29) is 11.5 Å². The maximum absolute atomic E-state index is 6.10. The highest BCUT2D eigenvalue weighted by Gasteiger charge is 2.37. The van der Waals surface area contributed by atoms with Gasteiger partial charge in [-0.25, -0.2) is 0 Å². The van der Waals surface area contributed by atoms with Gasteiger partial charge in [-0.1, -0.05) is 80.6 Å². The summed E-state index contributed by atoms with van der Waals surface area (Å²) >= 11 is 0. The van der Waals surface area contributed by atoms with Gasteiger partial charge in [0.2, 0.25) is 0 Å². The van der Waals surface area contributed by atoms with Crippen LogP contribution in [0.2, 0.25) is 0 Å². The Morgan fingerprint density at radius 3 is 2.38 bits per heavy atom. The molecule has 3 heteroatoms. The minimum atomic E-state index is -0.0941. The van der Waals surface area contributed by atoms with Crippen LogP contribution in [0.25, 0.3) is 55.6 Å². The molecule has 2 aromatic heterocycles. The lowest BCUT2D eigenvalue weighted by Gasteiger charge is -2.29. The van der Waals surface area contributed by atoms with E-state index < -0.39 is 0 Å². The predicted octanol–water partition coefficient (Wildman–Crippen LogP) is 9.63. The number of para-hydroxylation sites is 1. The van der Waals surface area contributed by atoms with Crippen LogP contribution >= 0.6 is 0 Å². The van der Waals surface area contributed by atoms with Crippen molar-refractivity contribution in [1.29, 1.82) is 0 Å². The second-order valence-electron chi connectivity index (χ2n) is 12.1. The fourth-order valence-corrected chi connectivity index (χ4v) is 7.15. The fourth-order valence-electron chi connectivity index (χ4n) is 7.15. The summed E-state index contributed by atoms with van der Waals surface area (Å²) in [6, 6.07) is 39.4. The van der Waals surface area contributed by atoms with E-state index in [1.807, 2.05) is 24.4 Å². The monoisotopic (exact) mass is 540 g/mol. The molecule has 0 saturated heterocycles. The molecule has 1 N–H and O–H groups in total.